The SMILES string of the molecule is CCCCN(CCCC)c1ccc(-c2ccc(/C=C/c3cc[n+](CCC[N+](CC)(CC)CC)cc3)s2)s1.[Br-].[Br-]. The van der Waals surface area contributed by atoms with E-state index in [1.807, 2.05) is 22.7 Å². The van der Waals surface area contributed by atoms with E-state index in [2.05, 4.69) is 105 Å². The molecule has 0 unspecified atom stereocenters. The van der Waals surface area contributed by atoms with Crippen molar-refractivity contribution in [1.82, 2.24) is 0 Å². The number of pyridine rings is 1. The molecule has 0 atom stereocenters. The van der Waals surface area contributed by atoms with E-state index in [1.54, 1.807) is 0 Å². The van der Waals surface area contributed by atoms with Gasteiger partial charge in [0.15, 0.2) is 18.9 Å². The fourth-order valence-electron chi connectivity index (χ4n) is 4.88. The molecule has 0 bridgehead atoms. The minimum atomic E-state index is 0. The molecule has 0 fully saturated rings. The predicted octanol–water partition coefficient (Wildman–Crippen LogP) is 2.62. The lowest BCUT2D eigenvalue weighted by atomic mass is 10.2. The van der Waals surface area contributed by atoms with Crippen LogP contribution in [-0.2, 0) is 6.54 Å². The van der Waals surface area contributed by atoms with Crippen LogP contribution in [0.15, 0.2) is 48.8 Å². The number of aryl methyl sites for hydroxylation is 1. The Morgan fingerprint density at radius 2 is 1.31 bits per heavy atom. The lowest BCUT2D eigenvalue weighted by Crippen LogP contribution is -3.00. The normalized spacial score (nSPS) is 11.4. The third-order valence-corrected chi connectivity index (χ3v) is 10.1. The smallest absolute Gasteiger partial charge is 0.169 e. The average Bonchev–Trinajstić information content (AvgIpc) is 3.61. The molecule has 7 heteroatoms. The van der Waals surface area contributed by atoms with Crippen LogP contribution < -0.4 is 43.4 Å². The molecule has 0 aromatic carbocycles. The van der Waals surface area contributed by atoms with Crippen molar-refractivity contribution in [2.75, 3.05) is 44.2 Å². The van der Waals surface area contributed by atoms with Crippen LogP contribution in [0.5, 0.6) is 0 Å². The van der Waals surface area contributed by atoms with E-state index in [1.165, 1.54) is 101 Å². The lowest BCUT2D eigenvalue weighted by molar-refractivity contribution is -0.925. The third-order valence-electron chi connectivity index (χ3n) is 7.75. The molecule has 0 amide bonds. The summed E-state index contributed by atoms with van der Waals surface area (Å²) in [6, 6.07) is 13.6. The van der Waals surface area contributed by atoms with Gasteiger partial charge in [-0.05, 0) is 69.5 Å². The van der Waals surface area contributed by atoms with E-state index in [0.29, 0.717) is 0 Å². The quantitative estimate of drug-likeness (QED) is 0.156. The van der Waals surface area contributed by atoms with Gasteiger partial charge in [0.25, 0.3) is 0 Å². The fraction of sp³-hybridized carbons (Fsp3) is 0.531. The molecule has 3 aromatic rings. The number of thiophene rings is 2. The van der Waals surface area contributed by atoms with E-state index in [0.717, 1.165) is 6.54 Å². The van der Waals surface area contributed by atoms with Crippen LogP contribution in [0.25, 0.3) is 21.9 Å². The van der Waals surface area contributed by atoms with Crippen molar-refractivity contribution < 1.29 is 43.0 Å². The second kappa shape index (κ2) is 19.2. The zero-order valence-corrected chi connectivity index (χ0v) is 29.5. The van der Waals surface area contributed by atoms with Crippen molar-refractivity contribution in [2.24, 2.45) is 0 Å². The van der Waals surface area contributed by atoms with Crippen LogP contribution in [0.4, 0.5) is 5.00 Å². The number of hydrogen-bond acceptors (Lipinski definition) is 3. The van der Waals surface area contributed by atoms with E-state index in [9.17, 15) is 0 Å². The van der Waals surface area contributed by atoms with Gasteiger partial charge >= 0.3 is 0 Å². The highest BCUT2D eigenvalue weighted by Crippen LogP contribution is 2.38. The summed E-state index contributed by atoms with van der Waals surface area (Å²) in [4.78, 5) is 6.65. The van der Waals surface area contributed by atoms with Gasteiger partial charge in [-0.2, -0.15) is 0 Å². The Hall–Kier alpha value is -0.990. The summed E-state index contributed by atoms with van der Waals surface area (Å²) < 4.78 is 3.56. The van der Waals surface area contributed by atoms with Crippen LogP contribution >= 0.6 is 22.7 Å². The Kier molecular flexibility index (Phi) is 17.7. The first kappa shape index (κ1) is 36.0. The lowest BCUT2D eigenvalue weighted by Gasteiger charge is -2.35. The van der Waals surface area contributed by atoms with Crippen LogP contribution in [-0.4, -0.2) is 43.8 Å². The maximum absolute atomic E-state index is 2.59. The number of aromatic nitrogens is 1. The van der Waals surface area contributed by atoms with Gasteiger partial charge in [-0.15, -0.1) is 22.7 Å². The monoisotopic (exact) mass is 697 g/mol. The van der Waals surface area contributed by atoms with Gasteiger partial charge in [0.1, 0.15) is 0 Å². The van der Waals surface area contributed by atoms with Gasteiger partial charge in [-0.1, -0.05) is 32.8 Å². The first-order valence-corrected chi connectivity index (χ1v) is 16.2. The molecule has 0 N–H and O–H groups in total. The largest absolute Gasteiger partial charge is 1.00 e. The van der Waals surface area contributed by atoms with Crippen LogP contribution in [0, 0.1) is 0 Å². The third kappa shape index (κ3) is 11.1. The van der Waals surface area contributed by atoms with Crippen molar-refractivity contribution in [2.45, 2.75) is 73.3 Å². The van der Waals surface area contributed by atoms with E-state index in [-0.39, 0.29) is 34.0 Å². The van der Waals surface area contributed by atoms with Gasteiger partial charge in [-0.3, -0.25) is 0 Å². The summed E-state index contributed by atoms with van der Waals surface area (Å²) >= 11 is 3.83. The van der Waals surface area contributed by atoms with Crippen LogP contribution in [0.3, 0.4) is 0 Å². The molecule has 218 valence electrons. The highest BCUT2D eigenvalue weighted by Gasteiger charge is 2.20. The maximum Gasteiger partial charge on any atom is 0.169 e. The molecule has 39 heavy (non-hydrogen) atoms. The minimum absolute atomic E-state index is 0. The molecule has 0 saturated carbocycles. The van der Waals surface area contributed by atoms with E-state index in [4.69, 9.17) is 0 Å². The predicted molar refractivity (Wildman–Crippen MR) is 167 cm³/mol. The minimum Gasteiger partial charge on any atom is -1.00 e. The molecule has 0 saturated heterocycles. The summed E-state index contributed by atoms with van der Waals surface area (Å²) in [5.74, 6) is 0. The molecule has 0 aliphatic carbocycles. The first-order valence-electron chi connectivity index (χ1n) is 14.5. The van der Waals surface area contributed by atoms with E-state index >= 15 is 0 Å². The summed E-state index contributed by atoms with van der Waals surface area (Å²) in [6.45, 7) is 19.9. The molecule has 0 spiro atoms. The summed E-state index contributed by atoms with van der Waals surface area (Å²) in [7, 11) is 0. The topological polar surface area (TPSA) is 7.12 Å². The standard InChI is InChI=1S/C32H49N3S2.2BrH/c1-6-11-23-34(24-12-7-2)32-19-18-31(37-32)30-17-16-29(36-30)15-14-28-20-25-33(26-21-28)22-13-27-35(8-3,9-4)10-5;;/h14-21,25-26H,6-13,22-24,27H2,1-5H3;2*1H/q+2;;/p-2. The van der Waals surface area contributed by atoms with Crippen LogP contribution in [0.1, 0.15) is 77.2 Å². The Morgan fingerprint density at radius 1 is 0.718 bits per heavy atom. The summed E-state index contributed by atoms with van der Waals surface area (Å²) in [6.07, 6.45) is 15.2. The first-order chi connectivity index (χ1) is 18.1. The summed E-state index contributed by atoms with van der Waals surface area (Å²) in [5.41, 5.74) is 1.26. The molecule has 0 aliphatic rings. The Balaban J connectivity index is 0.00000380. The van der Waals surface area contributed by atoms with Gasteiger partial charge in [-0.25, -0.2) is 4.57 Å². The molecular weight excluding hydrogens is 650 g/mol. The average molecular weight is 700 g/mol. The van der Waals surface area contributed by atoms with Gasteiger partial charge in [0.2, 0.25) is 0 Å². The highest BCUT2D eigenvalue weighted by molar-refractivity contribution is 7.24. The van der Waals surface area contributed by atoms with E-state index < -0.39 is 0 Å². The number of unbranched alkanes of at least 4 members (excludes halogenated alkanes) is 2. The molecule has 3 heterocycles. The number of halogens is 2. The second-order valence-corrected chi connectivity index (χ2v) is 12.3. The van der Waals surface area contributed by atoms with Crippen molar-refractivity contribution in [3.63, 3.8) is 0 Å². The van der Waals surface area contributed by atoms with Crippen LogP contribution in [0.2, 0.25) is 0 Å². The Bertz CT molecular complexity index is 1060. The van der Waals surface area contributed by atoms with Crippen molar-refractivity contribution in [3.05, 3.63) is 59.2 Å². The van der Waals surface area contributed by atoms with Crippen molar-refractivity contribution in [1.29, 1.82) is 0 Å². The molecule has 0 radical (unpaired) electrons. The zero-order chi connectivity index (χ0) is 26.5. The number of nitrogens with zero attached hydrogens (tertiary/aromatic N) is 3. The molecule has 3 aromatic heterocycles. The number of anilines is 1. The highest BCUT2D eigenvalue weighted by atomic mass is 79.9. The molecule has 3 nitrogen and oxygen atoms in total. The Morgan fingerprint density at radius 3 is 1.90 bits per heavy atom. The molecular formula is C32H49Br2N3S2. The van der Waals surface area contributed by atoms with Gasteiger partial charge < -0.3 is 43.3 Å². The van der Waals surface area contributed by atoms with Crippen molar-refractivity contribution in [3.8, 4) is 9.75 Å². The van der Waals surface area contributed by atoms with Gasteiger partial charge in [0.05, 0.1) is 37.6 Å². The second-order valence-electron chi connectivity index (χ2n) is 10.1. The Labute approximate surface area is 267 Å². The number of rotatable bonds is 17. The summed E-state index contributed by atoms with van der Waals surface area (Å²) in [5, 5.41) is 1.42. The number of quaternary nitrogens is 1. The number of hydrogen-bond donors (Lipinski definition) is 0. The molecule has 0 aliphatic heterocycles. The zero-order valence-electron chi connectivity index (χ0n) is 24.7. The molecule has 3 rings (SSSR count). The van der Waals surface area contributed by atoms with Gasteiger partial charge in [0, 0.05) is 39.9 Å². The van der Waals surface area contributed by atoms with Crippen molar-refractivity contribution >= 4 is 39.8 Å². The maximum atomic E-state index is 2.59. The fourth-order valence-corrected chi connectivity index (χ4v) is 6.93.